The smallest absolute Gasteiger partial charge is 0.226 e. The van der Waals surface area contributed by atoms with Crippen LogP contribution < -0.4 is 10.6 Å². The second-order valence-corrected chi connectivity index (χ2v) is 4.94. The summed E-state index contributed by atoms with van der Waals surface area (Å²) in [5.74, 6) is 1.48. The summed E-state index contributed by atoms with van der Waals surface area (Å²) in [7, 11) is 0. The molecule has 1 aliphatic carbocycles. The zero-order valence-corrected chi connectivity index (χ0v) is 11.1. The molecular weight excluding hydrogens is 226 g/mol. The van der Waals surface area contributed by atoms with Gasteiger partial charge in [0.25, 0.3) is 0 Å². The van der Waals surface area contributed by atoms with Gasteiger partial charge in [0.15, 0.2) is 0 Å². The van der Waals surface area contributed by atoms with E-state index >= 15 is 0 Å². The van der Waals surface area contributed by atoms with E-state index in [9.17, 15) is 0 Å². The number of nitrogens with zero attached hydrogens (tertiary/aromatic N) is 3. The van der Waals surface area contributed by atoms with Gasteiger partial charge in [0.05, 0.1) is 0 Å². The van der Waals surface area contributed by atoms with Crippen LogP contribution in [-0.2, 0) is 0 Å². The predicted molar refractivity (Wildman–Crippen MR) is 73.0 cm³/mol. The second-order valence-electron chi connectivity index (χ2n) is 4.94. The van der Waals surface area contributed by atoms with Crippen LogP contribution in [0.15, 0.2) is 6.07 Å². The number of hydrogen-bond acceptors (Lipinski definition) is 4. The molecule has 5 heteroatoms. The Morgan fingerprint density at radius 2 is 2.22 bits per heavy atom. The average molecular weight is 247 g/mol. The van der Waals surface area contributed by atoms with Crippen molar-refractivity contribution in [1.82, 2.24) is 9.97 Å². The Morgan fingerprint density at radius 3 is 2.72 bits per heavy atom. The first-order valence-corrected chi connectivity index (χ1v) is 6.55. The molecule has 5 nitrogen and oxygen atoms in total. The van der Waals surface area contributed by atoms with E-state index in [2.05, 4.69) is 21.8 Å². The van der Waals surface area contributed by atoms with E-state index in [1.807, 2.05) is 6.92 Å². The lowest BCUT2D eigenvalue weighted by molar-refractivity contribution is 0.317. The van der Waals surface area contributed by atoms with Crippen molar-refractivity contribution in [3.05, 3.63) is 17.5 Å². The van der Waals surface area contributed by atoms with Crippen LogP contribution in [0.2, 0.25) is 0 Å². The highest BCUT2D eigenvalue weighted by molar-refractivity contribution is 5.93. The minimum Gasteiger partial charge on any atom is -0.382 e. The molecule has 0 amide bonds. The van der Waals surface area contributed by atoms with Gasteiger partial charge in [-0.25, -0.2) is 9.97 Å². The molecule has 0 unspecified atom stereocenters. The first-order chi connectivity index (χ1) is 8.60. The Labute approximate surface area is 108 Å². The summed E-state index contributed by atoms with van der Waals surface area (Å²) in [6.45, 7) is 5.92. The van der Waals surface area contributed by atoms with Crippen LogP contribution in [0.5, 0.6) is 0 Å². The van der Waals surface area contributed by atoms with Crippen molar-refractivity contribution in [2.45, 2.75) is 33.1 Å². The largest absolute Gasteiger partial charge is 0.382 e. The average Bonchev–Trinajstić information content (AvgIpc) is 2.27. The molecule has 1 fully saturated rings. The summed E-state index contributed by atoms with van der Waals surface area (Å²) < 4.78 is 0. The first-order valence-electron chi connectivity index (χ1n) is 6.55. The highest BCUT2D eigenvalue weighted by atomic mass is 15.2. The number of rotatable bonds is 5. The molecular formula is C13H21N5. The van der Waals surface area contributed by atoms with Gasteiger partial charge in [-0.2, -0.15) is 0 Å². The molecule has 1 saturated carbocycles. The highest BCUT2D eigenvalue weighted by Gasteiger charge is 2.21. The number of aromatic nitrogens is 2. The number of nitrogen functional groups attached to an aromatic ring is 1. The highest BCUT2D eigenvalue weighted by Crippen LogP contribution is 2.28. The number of nitrogens with two attached hydrogens (primary N) is 1. The number of nitrogens with one attached hydrogen (secondary N) is 1. The molecule has 0 bridgehead atoms. The quantitative estimate of drug-likeness (QED) is 0.613. The van der Waals surface area contributed by atoms with Crippen molar-refractivity contribution in [2.75, 3.05) is 18.0 Å². The second kappa shape index (κ2) is 5.33. The maximum Gasteiger partial charge on any atom is 0.226 e. The summed E-state index contributed by atoms with van der Waals surface area (Å²) in [5, 5.41) is 7.48. The van der Waals surface area contributed by atoms with Gasteiger partial charge in [-0.3, -0.25) is 5.41 Å². The van der Waals surface area contributed by atoms with E-state index in [0.29, 0.717) is 11.6 Å². The van der Waals surface area contributed by atoms with Crippen LogP contribution in [0.4, 0.5) is 5.95 Å². The number of anilines is 1. The molecule has 0 aliphatic heterocycles. The molecule has 2 rings (SSSR count). The standard InChI is InChI=1S/C13H21N5/c1-3-18(8-10-5-4-6-10)13-16-9(2)7-11(17-13)12(14)15/h7,10H,3-6,8H2,1-2H3,(H3,14,15). The van der Waals surface area contributed by atoms with E-state index in [1.54, 1.807) is 6.07 Å². The molecule has 0 radical (unpaired) electrons. The predicted octanol–water partition coefficient (Wildman–Crippen LogP) is 1.70. The molecule has 18 heavy (non-hydrogen) atoms. The van der Waals surface area contributed by atoms with Crippen molar-refractivity contribution < 1.29 is 0 Å². The van der Waals surface area contributed by atoms with E-state index in [1.165, 1.54) is 19.3 Å². The zero-order valence-electron chi connectivity index (χ0n) is 11.1. The fourth-order valence-electron chi connectivity index (χ4n) is 2.17. The Kier molecular flexibility index (Phi) is 3.79. The van der Waals surface area contributed by atoms with Crippen LogP contribution in [0.1, 0.15) is 37.6 Å². The molecule has 1 aromatic rings. The van der Waals surface area contributed by atoms with Crippen LogP contribution in [0, 0.1) is 18.3 Å². The molecule has 1 heterocycles. The van der Waals surface area contributed by atoms with Gasteiger partial charge in [-0.05, 0) is 38.7 Å². The van der Waals surface area contributed by atoms with E-state index < -0.39 is 0 Å². The summed E-state index contributed by atoms with van der Waals surface area (Å²) in [6, 6.07) is 1.75. The Bertz CT molecular complexity index is 439. The number of aryl methyl sites for hydroxylation is 1. The third-order valence-electron chi connectivity index (χ3n) is 3.49. The zero-order chi connectivity index (χ0) is 13.1. The molecule has 0 spiro atoms. The Hall–Kier alpha value is -1.65. The van der Waals surface area contributed by atoms with Crippen LogP contribution in [0.3, 0.4) is 0 Å². The molecule has 98 valence electrons. The molecule has 0 saturated heterocycles. The number of hydrogen-bond donors (Lipinski definition) is 2. The minimum atomic E-state index is 0.00134. The van der Waals surface area contributed by atoms with Gasteiger partial charge in [0.2, 0.25) is 5.95 Å². The van der Waals surface area contributed by atoms with Crippen molar-refractivity contribution >= 4 is 11.8 Å². The summed E-state index contributed by atoms with van der Waals surface area (Å²) in [5.41, 5.74) is 6.88. The van der Waals surface area contributed by atoms with Gasteiger partial charge in [0, 0.05) is 18.8 Å². The minimum absolute atomic E-state index is 0.00134. The molecule has 0 atom stereocenters. The summed E-state index contributed by atoms with van der Waals surface area (Å²) in [6.07, 6.45) is 3.96. The van der Waals surface area contributed by atoms with Crippen LogP contribution in [0.25, 0.3) is 0 Å². The van der Waals surface area contributed by atoms with E-state index in [0.717, 1.165) is 24.7 Å². The van der Waals surface area contributed by atoms with Crippen molar-refractivity contribution in [1.29, 1.82) is 5.41 Å². The fraction of sp³-hybridized carbons (Fsp3) is 0.615. The van der Waals surface area contributed by atoms with Crippen molar-refractivity contribution in [3.63, 3.8) is 0 Å². The van der Waals surface area contributed by atoms with E-state index in [4.69, 9.17) is 11.1 Å². The van der Waals surface area contributed by atoms with Crippen LogP contribution >= 0.6 is 0 Å². The molecule has 3 N–H and O–H groups in total. The summed E-state index contributed by atoms with van der Waals surface area (Å²) in [4.78, 5) is 11.0. The lowest BCUT2D eigenvalue weighted by atomic mass is 9.85. The lowest BCUT2D eigenvalue weighted by Crippen LogP contribution is -2.34. The lowest BCUT2D eigenvalue weighted by Gasteiger charge is -2.32. The maximum atomic E-state index is 7.48. The van der Waals surface area contributed by atoms with Crippen molar-refractivity contribution in [3.8, 4) is 0 Å². The van der Waals surface area contributed by atoms with Crippen LogP contribution in [-0.4, -0.2) is 28.9 Å². The Balaban J connectivity index is 2.20. The van der Waals surface area contributed by atoms with Gasteiger partial charge >= 0.3 is 0 Å². The Morgan fingerprint density at radius 1 is 1.50 bits per heavy atom. The molecule has 1 aliphatic rings. The number of amidine groups is 1. The van der Waals surface area contributed by atoms with E-state index in [-0.39, 0.29) is 5.84 Å². The van der Waals surface area contributed by atoms with Gasteiger partial charge < -0.3 is 10.6 Å². The monoisotopic (exact) mass is 247 g/mol. The third kappa shape index (κ3) is 2.78. The SMILES string of the molecule is CCN(CC1CCC1)c1nc(C)cc(C(=N)N)n1. The fourth-order valence-corrected chi connectivity index (χ4v) is 2.17. The summed E-state index contributed by atoms with van der Waals surface area (Å²) >= 11 is 0. The topological polar surface area (TPSA) is 78.9 Å². The normalized spacial score (nSPS) is 15.2. The molecule has 1 aromatic heterocycles. The molecule has 0 aromatic carbocycles. The van der Waals surface area contributed by atoms with Crippen molar-refractivity contribution in [2.24, 2.45) is 11.7 Å². The maximum absolute atomic E-state index is 7.48. The van der Waals surface area contributed by atoms with Gasteiger partial charge in [0.1, 0.15) is 11.5 Å². The van der Waals surface area contributed by atoms with Gasteiger partial charge in [-0.1, -0.05) is 6.42 Å². The van der Waals surface area contributed by atoms with Gasteiger partial charge in [-0.15, -0.1) is 0 Å². The third-order valence-corrected chi connectivity index (χ3v) is 3.49. The first kappa shape index (κ1) is 12.8.